The number of carbonyl (C=O) groups is 3. The fourth-order valence-electron chi connectivity index (χ4n) is 3.60. The van der Waals surface area contributed by atoms with E-state index < -0.39 is 17.8 Å². The number of hydrogen-bond acceptors (Lipinski definition) is 5. The Labute approximate surface area is 225 Å². The van der Waals surface area contributed by atoms with Crippen LogP contribution in [0.1, 0.15) is 23.6 Å². The summed E-state index contributed by atoms with van der Waals surface area (Å²) in [5.74, 6) is -0.571. The fourth-order valence-corrected chi connectivity index (χ4v) is 4.30. The van der Waals surface area contributed by atoms with Crippen molar-refractivity contribution in [3.05, 3.63) is 91.9 Å². The van der Waals surface area contributed by atoms with Gasteiger partial charge < -0.3 is 9.47 Å². The molecule has 0 unspecified atom stereocenters. The molecule has 1 heterocycles. The maximum Gasteiger partial charge on any atom is 0.335 e. The largest absolute Gasteiger partial charge is 0.493 e. The van der Waals surface area contributed by atoms with Crippen molar-refractivity contribution in [2.45, 2.75) is 20.0 Å². The summed E-state index contributed by atoms with van der Waals surface area (Å²) in [6.45, 7) is 2.34. The molecule has 3 aromatic rings. The molecule has 1 aliphatic heterocycles. The van der Waals surface area contributed by atoms with E-state index in [1.165, 1.54) is 13.2 Å². The molecule has 4 amide bonds. The van der Waals surface area contributed by atoms with Crippen LogP contribution < -0.4 is 19.7 Å². The van der Waals surface area contributed by atoms with E-state index in [1.807, 2.05) is 43.3 Å². The Kier molecular flexibility index (Phi) is 7.91. The van der Waals surface area contributed by atoms with Gasteiger partial charge in [0.05, 0.1) is 12.8 Å². The number of halogens is 2. The van der Waals surface area contributed by atoms with Crippen LogP contribution in [0.15, 0.2) is 75.2 Å². The zero-order valence-corrected chi connectivity index (χ0v) is 22.7. The summed E-state index contributed by atoms with van der Waals surface area (Å²) in [6, 6.07) is 17.4. The summed E-state index contributed by atoms with van der Waals surface area (Å²) >= 11 is 6.90. The van der Waals surface area contributed by atoms with Gasteiger partial charge in [-0.2, -0.15) is 0 Å². The zero-order chi connectivity index (χ0) is 25.8. The fraction of sp³-hybridized carbons (Fsp3) is 0.148. The van der Waals surface area contributed by atoms with Gasteiger partial charge in [-0.25, -0.2) is 9.69 Å². The summed E-state index contributed by atoms with van der Waals surface area (Å²) in [7, 11) is 1.51. The number of nitrogens with one attached hydrogen (secondary N) is 1. The molecule has 184 valence electrons. The molecule has 0 atom stereocenters. The SMILES string of the molecule is CCc1ccc(N2C(=O)NC(=O)/C(=C/c3cc(OC)c(OCc4ccc(Br)cc4)cc3Br)C2=O)cc1. The molecule has 1 N–H and O–H groups in total. The van der Waals surface area contributed by atoms with Crippen molar-refractivity contribution >= 4 is 61.5 Å². The van der Waals surface area contributed by atoms with Crippen molar-refractivity contribution < 1.29 is 23.9 Å². The third-order valence-electron chi connectivity index (χ3n) is 5.59. The molecule has 0 radical (unpaired) electrons. The first-order chi connectivity index (χ1) is 17.3. The quantitative estimate of drug-likeness (QED) is 0.260. The summed E-state index contributed by atoms with van der Waals surface area (Å²) in [6.07, 6.45) is 2.24. The predicted molar refractivity (Wildman–Crippen MR) is 144 cm³/mol. The van der Waals surface area contributed by atoms with Crippen molar-refractivity contribution in [1.29, 1.82) is 0 Å². The molecule has 0 aromatic heterocycles. The Balaban J connectivity index is 1.62. The number of benzene rings is 3. The lowest BCUT2D eigenvalue weighted by Gasteiger charge is -2.26. The van der Waals surface area contributed by atoms with Gasteiger partial charge in [0.1, 0.15) is 12.2 Å². The smallest absolute Gasteiger partial charge is 0.335 e. The number of urea groups is 1. The lowest BCUT2D eigenvalue weighted by Crippen LogP contribution is -2.54. The van der Waals surface area contributed by atoms with Gasteiger partial charge in [-0.3, -0.25) is 14.9 Å². The van der Waals surface area contributed by atoms with E-state index in [0.717, 1.165) is 26.9 Å². The Bertz CT molecular complexity index is 1350. The van der Waals surface area contributed by atoms with Crippen molar-refractivity contribution in [2.75, 3.05) is 12.0 Å². The van der Waals surface area contributed by atoms with E-state index in [4.69, 9.17) is 9.47 Å². The average Bonchev–Trinajstić information content (AvgIpc) is 2.87. The maximum atomic E-state index is 13.2. The number of anilines is 1. The highest BCUT2D eigenvalue weighted by Gasteiger charge is 2.37. The van der Waals surface area contributed by atoms with Crippen LogP contribution in [0.25, 0.3) is 6.08 Å². The van der Waals surface area contributed by atoms with Crippen LogP contribution in [0.4, 0.5) is 10.5 Å². The zero-order valence-electron chi connectivity index (χ0n) is 19.5. The van der Waals surface area contributed by atoms with E-state index >= 15 is 0 Å². The monoisotopic (exact) mass is 612 g/mol. The minimum absolute atomic E-state index is 0.180. The molecule has 36 heavy (non-hydrogen) atoms. The number of amides is 4. The van der Waals surface area contributed by atoms with Gasteiger partial charge in [-0.15, -0.1) is 0 Å². The second kappa shape index (κ2) is 11.1. The van der Waals surface area contributed by atoms with Gasteiger partial charge in [-0.1, -0.05) is 63.0 Å². The third-order valence-corrected chi connectivity index (χ3v) is 6.81. The number of ether oxygens (including phenoxy) is 2. The molecule has 0 saturated carbocycles. The Hall–Kier alpha value is -3.43. The number of rotatable bonds is 7. The molecule has 7 nitrogen and oxygen atoms in total. The number of nitrogens with zero attached hydrogens (tertiary/aromatic N) is 1. The molecular weight excluding hydrogens is 592 g/mol. The third kappa shape index (κ3) is 5.52. The van der Waals surface area contributed by atoms with Crippen LogP contribution in [-0.4, -0.2) is 25.0 Å². The van der Waals surface area contributed by atoms with Crippen molar-refractivity contribution in [1.82, 2.24) is 5.32 Å². The molecule has 1 saturated heterocycles. The van der Waals surface area contributed by atoms with E-state index in [0.29, 0.717) is 33.8 Å². The molecule has 1 aliphatic rings. The average molecular weight is 614 g/mol. The minimum atomic E-state index is -0.792. The van der Waals surface area contributed by atoms with Gasteiger partial charge in [0.2, 0.25) is 0 Å². The maximum absolute atomic E-state index is 13.2. The first kappa shape index (κ1) is 25.7. The lowest BCUT2D eigenvalue weighted by molar-refractivity contribution is -0.122. The topological polar surface area (TPSA) is 84.9 Å². The molecular formula is C27H22Br2N2O5. The van der Waals surface area contributed by atoms with E-state index in [2.05, 4.69) is 37.2 Å². The van der Waals surface area contributed by atoms with E-state index in [9.17, 15) is 14.4 Å². The Morgan fingerprint density at radius 1 is 0.917 bits per heavy atom. The Morgan fingerprint density at radius 3 is 2.22 bits per heavy atom. The van der Waals surface area contributed by atoms with E-state index in [-0.39, 0.29) is 5.57 Å². The number of hydrogen-bond donors (Lipinski definition) is 1. The standard InChI is InChI=1S/C27H22Br2N2O5/c1-3-16-6-10-20(11-7-16)31-26(33)21(25(32)30-27(31)34)12-18-13-23(35-2)24(14-22(18)29)36-15-17-4-8-19(28)9-5-17/h4-14H,3,15H2,1-2H3,(H,30,32,34)/b21-12-. The second-order valence-electron chi connectivity index (χ2n) is 7.92. The highest BCUT2D eigenvalue weighted by Crippen LogP contribution is 2.36. The summed E-state index contributed by atoms with van der Waals surface area (Å²) in [5.41, 5.74) is 2.75. The summed E-state index contributed by atoms with van der Waals surface area (Å²) in [4.78, 5) is 39.3. The van der Waals surface area contributed by atoms with Crippen LogP contribution in [-0.2, 0) is 22.6 Å². The summed E-state index contributed by atoms with van der Waals surface area (Å²) < 4.78 is 13.0. The second-order valence-corrected chi connectivity index (χ2v) is 9.69. The van der Waals surface area contributed by atoms with Crippen LogP contribution in [0.5, 0.6) is 11.5 Å². The normalized spacial score (nSPS) is 14.7. The van der Waals surface area contributed by atoms with E-state index in [1.54, 1.807) is 24.3 Å². The van der Waals surface area contributed by atoms with Crippen molar-refractivity contribution in [3.63, 3.8) is 0 Å². The number of imide groups is 2. The van der Waals surface area contributed by atoms with Crippen LogP contribution in [0.3, 0.4) is 0 Å². The highest BCUT2D eigenvalue weighted by atomic mass is 79.9. The van der Waals surface area contributed by atoms with Crippen molar-refractivity contribution in [3.8, 4) is 11.5 Å². The van der Waals surface area contributed by atoms with Gasteiger partial charge in [0.15, 0.2) is 11.5 Å². The molecule has 0 aliphatic carbocycles. The van der Waals surface area contributed by atoms with Gasteiger partial charge >= 0.3 is 6.03 Å². The molecule has 1 fully saturated rings. The molecule has 0 bridgehead atoms. The highest BCUT2D eigenvalue weighted by molar-refractivity contribution is 9.10. The first-order valence-electron chi connectivity index (χ1n) is 11.1. The number of aryl methyl sites for hydroxylation is 1. The van der Waals surface area contributed by atoms with Crippen LogP contribution in [0.2, 0.25) is 0 Å². The molecule has 0 spiro atoms. The number of methoxy groups -OCH3 is 1. The van der Waals surface area contributed by atoms with Gasteiger partial charge in [0, 0.05) is 8.95 Å². The molecule has 3 aromatic carbocycles. The minimum Gasteiger partial charge on any atom is -0.493 e. The van der Waals surface area contributed by atoms with Crippen LogP contribution >= 0.6 is 31.9 Å². The number of carbonyl (C=O) groups excluding carboxylic acids is 3. The number of barbiturate groups is 1. The Morgan fingerprint density at radius 2 is 1.58 bits per heavy atom. The van der Waals surface area contributed by atoms with Crippen LogP contribution in [0, 0.1) is 0 Å². The molecule has 4 rings (SSSR count). The van der Waals surface area contributed by atoms with Crippen molar-refractivity contribution in [2.24, 2.45) is 0 Å². The summed E-state index contributed by atoms with van der Waals surface area (Å²) in [5, 5.41) is 2.24. The molecule has 9 heteroatoms. The van der Waals surface area contributed by atoms with Gasteiger partial charge in [-0.05, 0) is 65.6 Å². The van der Waals surface area contributed by atoms with Gasteiger partial charge in [0.25, 0.3) is 11.8 Å². The predicted octanol–water partition coefficient (Wildman–Crippen LogP) is 6.03. The lowest BCUT2D eigenvalue weighted by atomic mass is 10.1. The first-order valence-corrected chi connectivity index (χ1v) is 12.6.